The fourth-order valence-corrected chi connectivity index (χ4v) is 4.54. The van der Waals surface area contributed by atoms with Gasteiger partial charge in [-0.2, -0.15) is 0 Å². The Balaban J connectivity index is 1.43. The van der Waals surface area contributed by atoms with Gasteiger partial charge in [-0.15, -0.1) is 0 Å². The summed E-state index contributed by atoms with van der Waals surface area (Å²) in [6.07, 6.45) is 4.36. The molecule has 1 aromatic carbocycles. The maximum absolute atomic E-state index is 13.0. The number of anilines is 1. The molecule has 2 aromatic heterocycles. The third kappa shape index (κ3) is 7.32. The smallest absolute Gasteiger partial charge is 0.255 e. The molecule has 0 radical (unpaired) electrons. The van der Waals surface area contributed by atoms with Crippen LogP contribution in [0.4, 0.5) is 14.5 Å². The normalized spacial score (nSPS) is 15.0. The molecule has 9 heteroatoms. The Morgan fingerprint density at radius 3 is 2.56 bits per heavy atom. The number of benzene rings is 1. The van der Waals surface area contributed by atoms with Crippen molar-refractivity contribution >= 4 is 40.9 Å². The summed E-state index contributed by atoms with van der Waals surface area (Å²) in [7, 11) is 0. The van der Waals surface area contributed by atoms with Gasteiger partial charge in [0.15, 0.2) is 0 Å². The molecule has 1 aliphatic heterocycles. The molecule has 3 aromatic rings. The van der Waals surface area contributed by atoms with Gasteiger partial charge in [-0.25, -0.2) is 13.8 Å². The number of piperidine rings is 1. The fraction of sp³-hybridized carbons (Fsp3) is 0.296. The van der Waals surface area contributed by atoms with E-state index in [-0.39, 0.29) is 17.0 Å². The summed E-state index contributed by atoms with van der Waals surface area (Å²) in [5, 5.41) is 3.81. The van der Waals surface area contributed by atoms with Crippen molar-refractivity contribution in [3.63, 3.8) is 0 Å². The molecule has 0 atom stereocenters. The van der Waals surface area contributed by atoms with Crippen LogP contribution >= 0.6 is 23.2 Å². The van der Waals surface area contributed by atoms with E-state index in [4.69, 9.17) is 23.2 Å². The second kappa shape index (κ2) is 12.4. The molecule has 1 saturated heterocycles. The third-order valence-corrected chi connectivity index (χ3v) is 6.56. The highest BCUT2D eigenvalue weighted by molar-refractivity contribution is 6.30. The lowest BCUT2D eigenvalue weighted by Gasteiger charge is -2.32. The number of likely N-dealkylation sites (tertiary alicyclic amines) is 1. The van der Waals surface area contributed by atoms with Gasteiger partial charge in [-0.3, -0.25) is 14.7 Å². The Bertz CT molecular complexity index is 1210. The van der Waals surface area contributed by atoms with E-state index in [2.05, 4.69) is 32.3 Å². The summed E-state index contributed by atoms with van der Waals surface area (Å²) in [5.41, 5.74) is 2.95. The maximum Gasteiger partial charge on any atom is 0.255 e. The van der Waals surface area contributed by atoms with Crippen LogP contribution in [0.15, 0.2) is 60.8 Å². The number of rotatable bonds is 8. The summed E-state index contributed by atoms with van der Waals surface area (Å²) in [4.78, 5) is 23.6. The molecule has 1 aliphatic rings. The van der Waals surface area contributed by atoms with Crippen molar-refractivity contribution in [1.82, 2.24) is 14.9 Å². The predicted octanol–water partition coefficient (Wildman–Crippen LogP) is 6.74. The molecule has 0 spiro atoms. The summed E-state index contributed by atoms with van der Waals surface area (Å²) < 4.78 is 26.1. The first-order valence-corrected chi connectivity index (χ1v) is 12.5. The minimum Gasteiger partial charge on any atom is -0.320 e. The molecule has 5 nitrogen and oxygen atoms in total. The molecule has 1 fully saturated rings. The van der Waals surface area contributed by atoms with Gasteiger partial charge in [0, 0.05) is 34.9 Å². The molecule has 0 saturated carbocycles. The molecule has 36 heavy (non-hydrogen) atoms. The summed E-state index contributed by atoms with van der Waals surface area (Å²) >= 11 is 11.9. The number of aromatic nitrogens is 2. The van der Waals surface area contributed by atoms with Crippen LogP contribution in [0.5, 0.6) is 0 Å². The van der Waals surface area contributed by atoms with Crippen molar-refractivity contribution in [2.45, 2.75) is 31.6 Å². The van der Waals surface area contributed by atoms with Crippen LogP contribution in [0.2, 0.25) is 10.2 Å². The van der Waals surface area contributed by atoms with Crippen molar-refractivity contribution in [3.8, 4) is 0 Å². The van der Waals surface area contributed by atoms with Crippen molar-refractivity contribution in [2.24, 2.45) is 0 Å². The molecule has 3 heterocycles. The Morgan fingerprint density at radius 2 is 1.86 bits per heavy atom. The van der Waals surface area contributed by atoms with Gasteiger partial charge in [0.05, 0.1) is 17.8 Å². The number of carbonyl (C=O) groups is 1. The molecule has 0 aliphatic carbocycles. The maximum atomic E-state index is 13.0. The fourth-order valence-electron chi connectivity index (χ4n) is 4.24. The number of amides is 1. The van der Waals surface area contributed by atoms with E-state index < -0.39 is 12.8 Å². The minimum atomic E-state index is -2.49. The lowest BCUT2D eigenvalue weighted by molar-refractivity contribution is 0.102. The lowest BCUT2D eigenvalue weighted by atomic mass is 9.91. The Kier molecular flexibility index (Phi) is 9.02. The van der Waals surface area contributed by atoms with Gasteiger partial charge >= 0.3 is 0 Å². The second-order valence-electron chi connectivity index (χ2n) is 8.68. The van der Waals surface area contributed by atoms with Crippen LogP contribution < -0.4 is 5.32 Å². The highest BCUT2D eigenvalue weighted by Gasteiger charge is 2.25. The Morgan fingerprint density at radius 1 is 1.11 bits per heavy atom. The van der Waals surface area contributed by atoms with Crippen LogP contribution in [0.25, 0.3) is 6.08 Å². The van der Waals surface area contributed by atoms with E-state index in [1.807, 2.05) is 24.3 Å². The highest BCUT2D eigenvalue weighted by atomic mass is 35.5. The zero-order valence-corrected chi connectivity index (χ0v) is 21.0. The SMILES string of the molecule is O=C(Nc1ccc(CC(F)F)nc1C1CCN(C/C=C/c2ccc(Cl)cc2)CC1)c1ccnc(Cl)c1. The van der Waals surface area contributed by atoms with Crippen LogP contribution in [-0.2, 0) is 6.42 Å². The number of halogens is 4. The van der Waals surface area contributed by atoms with E-state index in [9.17, 15) is 13.6 Å². The second-order valence-corrected chi connectivity index (χ2v) is 9.50. The molecular weight excluding hydrogens is 505 g/mol. The molecular formula is C27H26Cl2F2N4O. The van der Waals surface area contributed by atoms with Crippen molar-refractivity contribution in [2.75, 3.05) is 25.0 Å². The summed E-state index contributed by atoms with van der Waals surface area (Å²) in [5.74, 6) is -0.302. The van der Waals surface area contributed by atoms with Crippen molar-refractivity contribution in [3.05, 3.63) is 93.5 Å². The molecule has 1 amide bonds. The van der Waals surface area contributed by atoms with Gasteiger partial charge in [0.1, 0.15) is 5.15 Å². The van der Waals surface area contributed by atoms with Gasteiger partial charge in [0.25, 0.3) is 5.91 Å². The van der Waals surface area contributed by atoms with Gasteiger partial charge < -0.3 is 5.32 Å². The standard InChI is InChI=1S/C27H26Cl2F2N4O/c28-21-5-3-18(4-6-21)2-1-13-35-14-10-19(11-15-35)26-23(8-7-22(33-26)17-25(30)31)34-27(36)20-9-12-32-24(29)16-20/h1-9,12,16,19,25H,10-11,13-15,17H2,(H,34,36)/b2-1+. The Hall–Kier alpha value is -2.87. The van der Waals surface area contributed by atoms with E-state index in [0.717, 1.165) is 38.0 Å². The third-order valence-electron chi connectivity index (χ3n) is 6.10. The van der Waals surface area contributed by atoms with Gasteiger partial charge in [-0.05, 0) is 67.9 Å². The van der Waals surface area contributed by atoms with Crippen LogP contribution in [0.3, 0.4) is 0 Å². The van der Waals surface area contributed by atoms with Crippen molar-refractivity contribution < 1.29 is 13.6 Å². The van der Waals surface area contributed by atoms with Crippen molar-refractivity contribution in [1.29, 1.82) is 0 Å². The van der Waals surface area contributed by atoms with E-state index in [1.54, 1.807) is 18.2 Å². The molecule has 0 bridgehead atoms. The highest BCUT2D eigenvalue weighted by Crippen LogP contribution is 2.32. The summed E-state index contributed by atoms with van der Waals surface area (Å²) in [6, 6.07) is 13.9. The topological polar surface area (TPSA) is 58.1 Å². The number of nitrogens with zero attached hydrogens (tertiary/aromatic N) is 3. The van der Waals surface area contributed by atoms with Crippen LogP contribution in [0.1, 0.15) is 46.1 Å². The molecule has 188 valence electrons. The predicted molar refractivity (Wildman–Crippen MR) is 140 cm³/mol. The average molecular weight is 531 g/mol. The van der Waals surface area contributed by atoms with E-state index in [0.29, 0.717) is 27.7 Å². The summed E-state index contributed by atoms with van der Waals surface area (Å²) in [6.45, 7) is 2.48. The molecule has 1 N–H and O–H groups in total. The van der Waals surface area contributed by atoms with Crippen LogP contribution in [0, 0.1) is 0 Å². The first kappa shape index (κ1) is 26.2. The number of pyridine rings is 2. The first-order valence-electron chi connectivity index (χ1n) is 11.7. The lowest BCUT2D eigenvalue weighted by Crippen LogP contribution is -2.33. The van der Waals surface area contributed by atoms with Crippen LogP contribution in [-0.4, -0.2) is 46.8 Å². The number of alkyl halides is 2. The molecule has 4 rings (SSSR count). The average Bonchev–Trinajstić information content (AvgIpc) is 2.86. The quantitative estimate of drug-likeness (QED) is 0.328. The minimum absolute atomic E-state index is 0.0513. The van der Waals surface area contributed by atoms with Gasteiger partial charge in [-0.1, -0.05) is 47.5 Å². The zero-order valence-electron chi connectivity index (χ0n) is 19.5. The van der Waals surface area contributed by atoms with E-state index >= 15 is 0 Å². The first-order chi connectivity index (χ1) is 17.4. The monoisotopic (exact) mass is 530 g/mol. The largest absolute Gasteiger partial charge is 0.320 e. The Labute approximate surface area is 219 Å². The number of nitrogens with one attached hydrogen (secondary N) is 1. The number of hydrogen-bond acceptors (Lipinski definition) is 4. The number of carbonyl (C=O) groups excluding carboxylic acids is 1. The van der Waals surface area contributed by atoms with Gasteiger partial charge in [0.2, 0.25) is 6.43 Å². The molecule has 0 unspecified atom stereocenters. The zero-order chi connectivity index (χ0) is 25.5. The van der Waals surface area contributed by atoms with E-state index in [1.165, 1.54) is 12.3 Å². The number of hydrogen-bond donors (Lipinski definition) is 1.